The van der Waals surface area contributed by atoms with Crippen molar-refractivity contribution in [3.8, 4) is 11.3 Å². The summed E-state index contributed by atoms with van der Waals surface area (Å²) in [5.41, 5.74) is 14.4. The summed E-state index contributed by atoms with van der Waals surface area (Å²) in [6.07, 6.45) is 0. The van der Waals surface area contributed by atoms with Crippen LogP contribution in [-0.4, -0.2) is 4.98 Å². The van der Waals surface area contributed by atoms with Gasteiger partial charge in [-0.3, -0.25) is 0 Å². The molecule has 4 N–H and O–H groups in total. The van der Waals surface area contributed by atoms with Crippen LogP contribution in [0.1, 0.15) is 5.56 Å². The van der Waals surface area contributed by atoms with Gasteiger partial charge in [0.25, 0.3) is 0 Å². The molecule has 4 heteroatoms. The van der Waals surface area contributed by atoms with Crippen molar-refractivity contribution in [1.29, 1.82) is 0 Å². The Morgan fingerprint density at radius 1 is 1.21 bits per heavy atom. The Hall–Kier alpha value is -1.55. The van der Waals surface area contributed by atoms with Crippen LogP contribution < -0.4 is 11.5 Å². The number of hydrogen-bond donors (Lipinski definition) is 2. The second kappa shape index (κ2) is 3.31. The van der Waals surface area contributed by atoms with E-state index < -0.39 is 0 Å². The lowest BCUT2D eigenvalue weighted by molar-refractivity contribution is 1.37. The fourth-order valence-corrected chi connectivity index (χ4v) is 2.00. The predicted octanol–water partition coefficient (Wildman–Crippen LogP) is 2.28. The quantitative estimate of drug-likeness (QED) is 0.750. The van der Waals surface area contributed by atoms with Gasteiger partial charge in [-0.25, -0.2) is 4.98 Å². The molecule has 0 spiro atoms. The number of aryl methyl sites for hydroxylation is 1. The Labute approximate surface area is 86.4 Å². The van der Waals surface area contributed by atoms with Gasteiger partial charge >= 0.3 is 0 Å². The first-order valence-corrected chi connectivity index (χ1v) is 5.08. The molecule has 0 fully saturated rings. The van der Waals surface area contributed by atoms with Crippen LogP contribution in [0.5, 0.6) is 0 Å². The fraction of sp³-hybridized carbons (Fsp3) is 0.100. The first-order valence-electron chi connectivity index (χ1n) is 4.26. The van der Waals surface area contributed by atoms with E-state index in [0.717, 1.165) is 16.8 Å². The van der Waals surface area contributed by atoms with Crippen molar-refractivity contribution in [2.45, 2.75) is 6.92 Å². The molecule has 72 valence electrons. The molecule has 2 aromatic rings. The third-order valence-electron chi connectivity index (χ3n) is 2.07. The molecule has 0 aliphatic carbocycles. The zero-order valence-electron chi connectivity index (χ0n) is 7.82. The molecule has 0 amide bonds. The van der Waals surface area contributed by atoms with E-state index in [2.05, 4.69) is 4.98 Å². The van der Waals surface area contributed by atoms with Crippen LogP contribution in [0.3, 0.4) is 0 Å². The molecule has 1 aromatic heterocycles. The van der Waals surface area contributed by atoms with Gasteiger partial charge in [-0.15, -0.1) is 0 Å². The first-order chi connectivity index (χ1) is 6.68. The molecule has 14 heavy (non-hydrogen) atoms. The van der Waals surface area contributed by atoms with Crippen LogP contribution in [0.4, 0.5) is 10.1 Å². The summed E-state index contributed by atoms with van der Waals surface area (Å²) in [4.78, 5) is 4.21. The highest BCUT2D eigenvalue weighted by molar-refractivity contribution is 7.19. The number of rotatable bonds is 1. The number of thiazole rings is 1. The van der Waals surface area contributed by atoms with Crippen molar-refractivity contribution in [2.24, 2.45) is 0 Å². The maximum Gasteiger partial charge on any atom is 0.182 e. The van der Waals surface area contributed by atoms with Crippen molar-refractivity contribution in [3.05, 3.63) is 29.8 Å². The average molecular weight is 205 g/mol. The fourth-order valence-electron chi connectivity index (χ4n) is 1.38. The van der Waals surface area contributed by atoms with Gasteiger partial charge < -0.3 is 11.5 Å². The lowest BCUT2D eigenvalue weighted by Crippen LogP contribution is -1.88. The maximum absolute atomic E-state index is 5.82. The van der Waals surface area contributed by atoms with Gasteiger partial charge in [-0.1, -0.05) is 35.6 Å². The van der Waals surface area contributed by atoms with E-state index in [1.807, 2.05) is 31.2 Å². The lowest BCUT2D eigenvalue weighted by Gasteiger charge is -2.01. The molecule has 0 aliphatic rings. The van der Waals surface area contributed by atoms with Crippen molar-refractivity contribution >= 4 is 21.5 Å². The number of anilines is 2. The first kappa shape index (κ1) is 9.02. The van der Waals surface area contributed by atoms with Gasteiger partial charge in [-0.2, -0.15) is 0 Å². The van der Waals surface area contributed by atoms with E-state index in [-0.39, 0.29) is 0 Å². The molecule has 3 nitrogen and oxygen atoms in total. The number of aromatic nitrogens is 1. The molecular weight excluding hydrogens is 194 g/mol. The molecule has 0 atom stereocenters. The third kappa shape index (κ3) is 1.44. The van der Waals surface area contributed by atoms with Gasteiger partial charge in [0.1, 0.15) is 10.7 Å². The Morgan fingerprint density at radius 2 is 1.93 bits per heavy atom. The topological polar surface area (TPSA) is 64.9 Å². The maximum atomic E-state index is 5.82. The molecule has 0 bridgehead atoms. The van der Waals surface area contributed by atoms with Crippen molar-refractivity contribution in [1.82, 2.24) is 4.98 Å². The summed E-state index contributed by atoms with van der Waals surface area (Å²) in [5.74, 6) is 0. The van der Waals surface area contributed by atoms with Crippen molar-refractivity contribution in [2.75, 3.05) is 11.5 Å². The van der Waals surface area contributed by atoms with Gasteiger partial charge in [-0.05, 0) is 12.5 Å². The van der Waals surface area contributed by atoms with E-state index in [9.17, 15) is 0 Å². The molecule has 1 aromatic carbocycles. The smallest absolute Gasteiger partial charge is 0.182 e. The molecule has 0 aliphatic heterocycles. The zero-order valence-corrected chi connectivity index (χ0v) is 8.64. The summed E-state index contributed by atoms with van der Waals surface area (Å²) in [6, 6.07) is 7.99. The summed E-state index contributed by atoms with van der Waals surface area (Å²) < 4.78 is 0. The Bertz CT molecular complexity index is 462. The van der Waals surface area contributed by atoms with Gasteiger partial charge in [0, 0.05) is 5.56 Å². The number of nitrogens with two attached hydrogens (primary N) is 2. The van der Waals surface area contributed by atoms with Crippen LogP contribution in [-0.2, 0) is 0 Å². The molecular formula is C10H11N3S. The minimum absolute atomic E-state index is 0.515. The van der Waals surface area contributed by atoms with Crippen LogP contribution in [0, 0.1) is 6.92 Å². The van der Waals surface area contributed by atoms with Crippen LogP contribution in [0.2, 0.25) is 0 Å². The van der Waals surface area contributed by atoms with Crippen LogP contribution in [0.25, 0.3) is 11.3 Å². The highest BCUT2D eigenvalue weighted by Gasteiger charge is 2.09. The molecule has 0 radical (unpaired) electrons. The molecule has 0 saturated heterocycles. The minimum atomic E-state index is 0.515. The summed E-state index contributed by atoms with van der Waals surface area (Å²) in [6.45, 7) is 2.03. The molecule has 2 rings (SSSR count). The van der Waals surface area contributed by atoms with Gasteiger partial charge in [0.05, 0.1) is 0 Å². The number of benzene rings is 1. The van der Waals surface area contributed by atoms with Crippen LogP contribution in [0.15, 0.2) is 24.3 Å². The largest absolute Gasteiger partial charge is 0.389 e. The lowest BCUT2D eigenvalue weighted by atomic mass is 10.1. The average Bonchev–Trinajstić information content (AvgIpc) is 2.46. The third-order valence-corrected chi connectivity index (χ3v) is 2.78. The van der Waals surface area contributed by atoms with Gasteiger partial charge in [0.15, 0.2) is 5.13 Å². The van der Waals surface area contributed by atoms with E-state index in [4.69, 9.17) is 11.5 Å². The predicted molar refractivity (Wildman–Crippen MR) is 61.1 cm³/mol. The van der Waals surface area contributed by atoms with E-state index in [1.165, 1.54) is 11.3 Å². The van der Waals surface area contributed by atoms with Crippen molar-refractivity contribution in [3.63, 3.8) is 0 Å². The molecule has 1 heterocycles. The Balaban J connectivity index is 2.60. The van der Waals surface area contributed by atoms with E-state index in [0.29, 0.717) is 10.1 Å². The monoisotopic (exact) mass is 205 g/mol. The van der Waals surface area contributed by atoms with Gasteiger partial charge in [0.2, 0.25) is 0 Å². The highest BCUT2D eigenvalue weighted by atomic mass is 32.1. The molecule has 0 unspecified atom stereocenters. The standard InChI is InChI=1S/C10H11N3S/c1-6-4-2-3-5-7(6)8-9(11)14-10(12)13-8/h2-5H,11H2,1H3,(H2,12,13). The number of nitrogen functional groups attached to an aromatic ring is 2. The second-order valence-corrected chi connectivity index (χ2v) is 4.14. The second-order valence-electron chi connectivity index (χ2n) is 3.08. The highest BCUT2D eigenvalue weighted by Crippen LogP contribution is 2.33. The summed E-state index contributed by atoms with van der Waals surface area (Å²) >= 11 is 1.32. The Kier molecular flexibility index (Phi) is 2.13. The number of hydrogen-bond acceptors (Lipinski definition) is 4. The normalized spacial score (nSPS) is 10.4. The summed E-state index contributed by atoms with van der Waals surface area (Å²) in [7, 11) is 0. The zero-order chi connectivity index (χ0) is 10.1. The minimum Gasteiger partial charge on any atom is -0.389 e. The van der Waals surface area contributed by atoms with Crippen LogP contribution >= 0.6 is 11.3 Å². The van der Waals surface area contributed by atoms with Crippen molar-refractivity contribution < 1.29 is 0 Å². The number of nitrogens with zero attached hydrogens (tertiary/aromatic N) is 1. The van der Waals surface area contributed by atoms with E-state index in [1.54, 1.807) is 0 Å². The molecule has 0 saturated carbocycles. The van der Waals surface area contributed by atoms with E-state index >= 15 is 0 Å². The summed E-state index contributed by atoms with van der Waals surface area (Å²) in [5, 5.41) is 1.19. The Morgan fingerprint density at radius 3 is 2.50 bits per heavy atom. The SMILES string of the molecule is Cc1ccccc1-c1nc(N)sc1N.